The molecule has 0 aromatic heterocycles. The monoisotopic (exact) mass is 258 g/mol. The first-order chi connectivity index (χ1) is 7.44. The Kier molecular flexibility index (Phi) is 4.64. The standard InChI is InChI=1S/C13H20ClOP/c1-10(2)16(15,11(3)4)13-8-6-5-7-12(13)9-14/h5-8,10-11H,9H2,1-4H3. The molecule has 16 heavy (non-hydrogen) atoms. The van der Waals surface area contributed by atoms with E-state index in [0.717, 1.165) is 10.9 Å². The van der Waals surface area contributed by atoms with E-state index in [1.165, 1.54) is 0 Å². The van der Waals surface area contributed by atoms with Crippen LogP contribution in [-0.4, -0.2) is 11.3 Å². The van der Waals surface area contributed by atoms with E-state index in [1.54, 1.807) is 0 Å². The molecule has 0 bridgehead atoms. The van der Waals surface area contributed by atoms with Gasteiger partial charge in [0.2, 0.25) is 0 Å². The summed E-state index contributed by atoms with van der Waals surface area (Å²) in [6.07, 6.45) is 0. The molecule has 0 heterocycles. The Labute approximate surface area is 104 Å². The molecule has 0 saturated carbocycles. The summed E-state index contributed by atoms with van der Waals surface area (Å²) in [5.74, 6) is 0.430. The number of alkyl halides is 1. The van der Waals surface area contributed by atoms with Gasteiger partial charge in [-0.1, -0.05) is 52.0 Å². The summed E-state index contributed by atoms with van der Waals surface area (Å²) < 4.78 is 13.1. The predicted octanol–water partition coefficient (Wildman–Crippen LogP) is 4.23. The van der Waals surface area contributed by atoms with Crippen LogP contribution in [-0.2, 0) is 10.4 Å². The van der Waals surface area contributed by atoms with Crippen molar-refractivity contribution in [2.75, 3.05) is 0 Å². The van der Waals surface area contributed by atoms with Crippen molar-refractivity contribution in [1.82, 2.24) is 0 Å². The molecule has 3 heteroatoms. The third-order valence-electron chi connectivity index (χ3n) is 3.05. The Hall–Kier alpha value is -0.260. The molecule has 1 rings (SSSR count). The topological polar surface area (TPSA) is 17.1 Å². The van der Waals surface area contributed by atoms with Gasteiger partial charge in [0.1, 0.15) is 7.14 Å². The first-order valence-corrected chi connectivity index (χ1v) is 8.06. The second-order valence-corrected chi connectivity index (χ2v) is 8.89. The van der Waals surface area contributed by atoms with Gasteiger partial charge in [0.15, 0.2) is 0 Å². The van der Waals surface area contributed by atoms with Crippen LogP contribution in [0, 0.1) is 0 Å². The molecule has 0 aliphatic carbocycles. The molecule has 0 saturated heterocycles. The van der Waals surface area contributed by atoms with Gasteiger partial charge in [0.05, 0.1) is 0 Å². The summed E-state index contributed by atoms with van der Waals surface area (Å²) in [7, 11) is -2.35. The average Bonchev–Trinajstić information content (AvgIpc) is 2.27. The predicted molar refractivity (Wildman–Crippen MR) is 73.5 cm³/mol. The fraction of sp³-hybridized carbons (Fsp3) is 0.538. The van der Waals surface area contributed by atoms with Gasteiger partial charge in [0, 0.05) is 22.5 Å². The van der Waals surface area contributed by atoms with Crippen LogP contribution < -0.4 is 5.30 Å². The quantitative estimate of drug-likeness (QED) is 0.583. The zero-order valence-electron chi connectivity index (χ0n) is 10.4. The van der Waals surface area contributed by atoms with E-state index in [2.05, 4.69) is 0 Å². The molecule has 1 aromatic carbocycles. The molecule has 0 unspecified atom stereocenters. The summed E-state index contributed by atoms with van der Waals surface area (Å²) >= 11 is 5.93. The lowest BCUT2D eigenvalue weighted by Crippen LogP contribution is -2.22. The molecule has 0 radical (unpaired) electrons. The third kappa shape index (κ3) is 2.36. The molecule has 90 valence electrons. The second-order valence-electron chi connectivity index (χ2n) is 4.66. The van der Waals surface area contributed by atoms with Crippen molar-refractivity contribution in [3.05, 3.63) is 29.8 Å². The highest BCUT2D eigenvalue weighted by Crippen LogP contribution is 2.54. The zero-order valence-corrected chi connectivity index (χ0v) is 12.1. The van der Waals surface area contributed by atoms with E-state index in [9.17, 15) is 4.57 Å². The van der Waals surface area contributed by atoms with Gasteiger partial charge >= 0.3 is 0 Å². The first-order valence-electron chi connectivity index (χ1n) is 5.68. The van der Waals surface area contributed by atoms with Crippen LogP contribution in [0.2, 0.25) is 0 Å². The minimum atomic E-state index is -2.35. The van der Waals surface area contributed by atoms with Crippen molar-refractivity contribution < 1.29 is 4.57 Å². The minimum Gasteiger partial charge on any atom is -0.318 e. The van der Waals surface area contributed by atoms with E-state index < -0.39 is 7.14 Å². The van der Waals surface area contributed by atoms with E-state index in [0.29, 0.717) is 5.88 Å². The number of hydrogen-bond acceptors (Lipinski definition) is 1. The van der Waals surface area contributed by atoms with Crippen molar-refractivity contribution >= 4 is 24.0 Å². The molecular weight excluding hydrogens is 239 g/mol. The second kappa shape index (κ2) is 5.38. The van der Waals surface area contributed by atoms with Gasteiger partial charge < -0.3 is 4.57 Å². The average molecular weight is 259 g/mol. The SMILES string of the molecule is CC(C)P(=O)(c1ccccc1CCl)C(C)C. The lowest BCUT2D eigenvalue weighted by Gasteiger charge is -2.28. The van der Waals surface area contributed by atoms with Gasteiger partial charge in [-0.3, -0.25) is 0 Å². The van der Waals surface area contributed by atoms with Gasteiger partial charge in [0.25, 0.3) is 0 Å². The third-order valence-corrected chi connectivity index (χ3v) is 7.59. The number of hydrogen-bond donors (Lipinski definition) is 0. The van der Waals surface area contributed by atoms with Crippen LogP contribution in [0.4, 0.5) is 0 Å². The maximum absolute atomic E-state index is 13.1. The van der Waals surface area contributed by atoms with Gasteiger partial charge in [-0.25, -0.2) is 0 Å². The van der Waals surface area contributed by atoms with Crippen molar-refractivity contribution in [3.8, 4) is 0 Å². The van der Waals surface area contributed by atoms with Gasteiger partial charge in [-0.2, -0.15) is 0 Å². The Balaban J connectivity index is 3.38. The Morgan fingerprint density at radius 2 is 1.62 bits per heavy atom. The lowest BCUT2D eigenvalue weighted by molar-refractivity contribution is 0.569. The van der Waals surface area contributed by atoms with Crippen molar-refractivity contribution in [3.63, 3.8) is 0 Å². The zero-order chi connectivity index (χ0) is 12.3. The highest BCUT2D eigenvalue weighted by atomic mass is 35.5. The maximum Gasteiger partial charge on any atom is 0.120 e. The highest BCUT2D eigenvalue weighted by molar-refractivity contribution is 7.72. The summed E-state index contributed by atoms with van der Waals surface area (Å²) in [6, 6.07) is 7.84. The van der Waals surface area contributed by atoms with E-state index in [1.807, 2.05) is 52.0 Å². The first kappa shape index (κ1) is 13.8. The molecule has 0 amide bonds. The molecular formula is C13H20ClOP. The minimum absolute atomic E-state index is 0.164. The maximum atomic E-state index is 13.1. The molecule has 0 spiro atoms. The van der Waals surface area contributed by atoms with Crippen LogP contribution >= 0.6 is 18.7 Å². The van der Waals surface area contributed by atoms with Crippen molar-refractivity contribution in [1.29, 1.82) is 0 Å². The van der Waals surface area contributed by atoms with Crippen LogP contribution in [0.3, 0.4) is 0 Å². The summed E-state index contributed by atoms with van der Waals surface area (Å²) in [5.41, 5.74) is 1.34. The van der Waals surface area contributed by atoms with E-state index in [4.69, 9.17) is 11.6 Å². The van der Waals surface area contributed by atoms with Crippen LogP contribution in [0.15, 0.2) is 24.3 Å². The Morgan fingerprint density at radius 1 is 1.12 bits per heavy atom. The van der Waals surface area contributed by atoms with Crippen LogP contribution in [0.1, 0.15) is 33.3 Å². The fourth-order valence-electron chi connectivity index (χ4n) is 2.12. The highest BCUT2D eigenvalue weighted by Gasteiger charge is 2.33. The molecule has 0 atom stereocenters. The van der Waals surface area contributed by atoms with Gasteiger partial charge in [-0.05, 0) is 5.56 Å². The molecule has 0 aliphatic rings. The Morgan fingerprint density at radius 3 is 2.06 bits per heavy atom. The Bertz CT molecular complexity index is 387. The smallest absolute Gasteiger partial charge is 0.120 e. The van der Waals surface area contributed by atoms with E-state index in [-0.39, 0.29) is 11.3 Å². The van der Waals surface area contributed by atoms with Crippen molar-refractivity contribution in [2.45, 2.75) is 44.9 Å². The molecule has 0 fully saturated rings. The van der Waals surface area contributed by atoms with Crippen LogP contribution in [0.25, 0.3) is 0 Å². The largest absolute Gasteiger partial charge is 0.318 e. The lowest BCUT2D eigenvalue weighted by atomic mass is 10.2. The van der Waals surface area contributed by atoms with Crippen molar-refractivity contribution in [2.24, 2.45) is 0 Å². The van der Waals surface area contributed by atoms with E-state index >= 15 is 0 Å². The fourth-order valence-corrected chi connectivity index (χ4v) is 5.67. The normalized spacial score (nSPS) is 12.4. The summed E-state index contributed by atoms with van der Waals surface area (Å²) in [4.78, 5) is 0. The summed E-state index contributed by atoms with van der Waals surface area (Å²) in [5, 5.41) is 0.968. The molecule has 0 N–H and O–H groups in total. The number of halogens is 1. The summed E-state index contributed by atoms with van der Waals surface area (Å²) in [6.45, 7) is 8.13. The van der Waals surface area contributed by atoms with Crippen LogP contribution in [0.5, 0.6) is 0 Å². The molecule has 0 aliphatic heterocycles. The van der Waals surface area contributed by atoms with Gasteiger partial charge in [-0.15, -0.1) is 11.6 Å². The number of benzene rings is 1. The number of rotatable bonds is 4. The molecule has 1 aromatic rings. The molecule has 1 nitrogen and oxygen atoms in total.